The number of benzene rings is 1. The SMILES string of the molecule is C=CCC(CC)(CC)NCCCCCCCSc1ccc2c(c1)C(=O)N(C1CCC(=O)NC1=O)C2=O. The van der Waals surface area contributed by atoms with Crippen LogP contribution in [0.1, 0.15) is 98.8 Å². The van der Waals surface area contributed by atoms with Gasteiger partial charge in [-0.05, 0) is 69.0 Å². The van der Waals surface area contributed by atoms with Crippen molar-refractivity contribution >= 4 is 35.4 Å². The largest absolute Gasteiger partial charge is 0.311 e. The van der Waals surface area contributed by atoms with E-state index in [2.05, 4.69) is 31.1 Å². The third-order valence-corrected chi connectivity index (χ3v) is 8.47. The summed E-state index contributed by atoms with van der Waals surface area (Å²) in [7, 11) is 0. The molecule has 1 aromatic carbocycles. The third-order valence-electron chi connectivity index (χ3n) is 7.39. The molecule has 2 N–H and O–H groups in total. The average molecular weight is 514 g/mol. The van der Waals surface area contributed by atoms with Gasteiger partial charge >= 0.3 is 0 Å². The summed E-state index contributed by atoms with van der Waals surface area (Å²) < 4.78 is 0. The van der Waals surface area contributed by atoms with Gasteiger partial charge in [-0.3, -0.25) is 29.4 Å². The van der Waals surface area contributed by atoms with E-state index < -0.39 is 23.8 Å². The van der Waals surface area contributed by atoms with Crippen LogP contribution >= 0.6 is 11.8 Å². The number of imide groups is 2. The molecular weight excluding hydrogens is 474 g/mol. The smallest absolute Gasteiger partial charge is 0.262 e. The molecule has 4 amide bonds. The summed E-state index contributed by atoms with van der Waals surface area (Å²) in [6.07, 6.45) is 11.4. The van der Waals surface area contributed by atoms with Crippen LogP contribution < -0.4 is 10.6 Å². The zero-order valence-corrected chi connectivity index (χ0v) is 22.4. The highest BCUT2D eigenvalue weighted by Crippen LogP contribution is 2.31. The second kappa shape index (κ2) is 13.2. The number of nitrogens with one attached hydrogen (secondary N) is 2. The van der Waals surface area contributed by atoms with Crippen LogP contribution in [0.2, 0.25) is 0 Å². The van der Waals surface area contributed by atoms with Crippen LogP contribution in [-0.4, -0.2) is 52.4 Å². The number of hydrogen-bond donors (Lipinski definition) is 2. The lowest BCUT2D eigenvalue weighted by Crippen LogP contribution is -2.54. The number of nitrogens with zero attached hydrogens (tertiary/aromatic N) is 1. The maximum Gasteiger partial charge on any atom is 0.262 e. The quantitative estimate of drug-likeness (QED) is 0.151. The molecule has 7 nitrogen and oxygen atoms in total. The highest BCUT2D eigenvalue weighted by atomic mass is 32.2. The van der Waals surface area contributed by atoms with Crippen LogP contribution in [-0.2, 0) is 9.59 Å². The molecule has 2 aliphatic heterocycles. The molecule has 36 heavy (non-hydrogen) atoms. The van der Waals surface area contributed by atoms with Crippen molar-refractivity contribution in [3.05, 3.63) is 42.0 Å². The van der Waals surface area contributed by atoms with Crippen molar-refractivity contribution < 1.29 is 19.2 Å². The lowest BCUT2D eigenvalue weighted by Gasteiger charge is -2.32. The Morgan fingerprint density at radius 2 is 1.75 bits per heavy atom. The molecule has 0 aliphatic carbocycles. The van der Waals surface area contributed by atoms with Crippen molar-refractivity contribution in [1.82, 2.24) is 15.5 Å². The highest BCUT2D eigenvalue weighted by Gasteiger charge is 2.44. The summed E-state index contributed by atoms with van der Waals surface area (Å²) >= 11 is 1.68. The van der Waals surface area contributed by atoms with Crippen molar-refractivity contribution in [1.29, 1.82) is 0 Å². The molecule has 1 unspecified atom stereocenters. The Hall–Kier alpha value is -2.45. The number of fused-ring (bicyclic) bond motifs is 1. The molecular formula is C28H39N3O4S. The van der Waals surface area contributed by atoms with Crippen LogP contribution in [0.4, 0.5) is 0 Å². The van der Waals surface area contributed by atoms with E-state index in [1.54, 1.807) is 23.9 Å². The van der Waals surface area contributed by atoms with E-state index in [1.165, 1.54) is 19.3 Å². The molecule has 1 atom stereocenters. The van der Waals surface area contributed by atoms with E-state index in [9.17, 15) is 19.2 Å². The molecule has 0 bridgehead atoms. The lowest BCUT2D eigenvalue weighted by molar-refractivity contribution is -0.136. The Morgan fingerprint density at radius 1 is 1.06 bits per heavy atom. The normalized spacial score (nSPS) is 17.9. The second-order valence-electron chi connectivity index (χ2n) is 9.68. The van der Waals surface area contributed by atoms with Crippen LogP contribution in [0.15, 0.2) is 35.7 Å². The third kappa shape index (κ3) is 6.65. The van der Waals surface area contributed by atoms with Crippen LogP contribution in [0.25, 0.3) is 0 Å². The molecule has 0 spiro atoms. The van der Waals surface area contributed by atoms with E-state index >= 15 is 0 Å². The summed E-state index contributed by atoms with van der Waals surface area (Å²) in [5.41, 5.74) is 0.860. The van der Waals surface area contributed by atoms with E-state index in [1.807, 2.05) is 12.1 Å². The van der Waals surface area contributed by atoms with Crippen LogP contribution in [0, 0.1) is 0 Å². The summed E-state index contributed by atoms with van der Waals surface area (Å²) in [6.45, 7) is 9.42. The van der Waals surface area contributed by atoms with Gasteiger partial charge in [0, 0.05) is 16.9 Å². The number of piperidine rings is 1. The number of rotatable bonds is 15. The first-order chi connectivity index (χ1) is 17.4. The van der Waals surface area contributed by atoms with Gasteiger partial charge in [0.2, 0.25) is 11.8 Å². The molecule has 0 saturated carbocycles. The fourth-order valence-electron chi connectivity index (χ4n) is 4.98. The first kappa shape index (κ1) is 28.1. The van der Waals surface area contributed by atoms with E-state index in [0.717, 1.165) is 54.2 Å². The number of amides is 4. The molecule has 3 rings (SSSR count). The minimum Gasteiger partial charge on any atom is -0.311 e. The first-order valence-electron chi connectivity index (χ1n) is 13.2. The van der Waals surface area contributed by atoms with Crippen LogP contribution in [0.5, 0.6) is 0 Å². The number of unbranched alkanes of at least 4 members (excludes halogenated alkanes) is 4. The van der Waals surface area contributed by atoms with Gasteiger partial charge in [-0.15, -0.1) is 18.3 Å². The maximum absolute atomic E-state index is 12.9. The summed E-state index contributed by atoms with van der Waals surface area (Å²) in [5, 5.41) is 5.97. The van der Waals surface area contributed by atoms with Gasteiger partial charge in [-0.25, -0.2) is 0 Å². The molecule has 8 heteroatoms. The molecule has 2 aliphatic rings. The van der Waals surface area contributed by atoms with E-state index in [-0.39, 0.29) is 24.3 Å². The minimum atomic E-state index is -0.927. The minimum absolute atomic E-state index is 0.120. The number of carbonyl (C=O) groups is 4. The van der Waals surface area contributed by atoms with Gasteiger partial charge in [0.25, 0.3) is 11.8 Å². The van der Waals surface area contributed by atoms with Crippen molar-refractivity contribution in [3.63, 3.8) is 0 Å². The van der Waals surface area contributed by atoms with Gasteiger partial charge < -0.3 is 5.32 Å². The standard InChI is InChI=1S/C28H39N3O4S/c1-4-16-28(5-2,6-3)29-17-10-8-7-9-11-18-36-20-12-13-21-22(19-20)27(35)31(26(21)34)23-14-15-24(32)30-25(23)33/h4,12-13,19,23,29H,1,5-11,14-18H2,2-3H3,(H,30,32,33). The van der Waals surface area contributed by atoms with Gasteiger partial charge in [0.1, 0.15) is 6.04 Å². The topological polar surface area (TPSA) is 95.6 Å². The molecule has 0 aromatic heterocycles. The average Bonchev–Trinajstić information content (AvgIpc) is 3.11. The Balaban J connectivity index is 1.39. The fraction of sp³-hybridized carbons (Fsp3) is 0.571. The monoisotopic (exact) mass is 513 g/mol. The Bertz CT molecular complexity index is 989. The molecule has 2 heterocycles. The number of hydrogen-bond acceptors (Lipinski definition) is 6. The second-order valence-corrected chi connectivity index (χ2v) is 10.8. The predicted molar refractivity (Wildman–Crippen MR) is 143 cm³/mol. The van der Waals surface area contributed by atoms with Crippen LogP contribution in [0.3, 0.4) is 0 Å². The number of carbonyl (C=O) groups excluding carboxylic acids is 4. The highest BCUT2D eigenvalue weighted by molar-refractivity contribution is 7.99. The Kier molecular flexibility index (Phi) is 10.3. The Morgan fingerprint density at radius 3 is 2.44 bits per heavy atom. The molecule has 1 aromatic rings. The van der Waals surface area contributed by atoms with Gasteiger partial charge in [0.05, 0.1) is 11.1 Å². The zero-order chi connectivity index (χ0) is 26.1. The van der Waals surface area contributed by atoms with Crippen molar-refractivity contribution in [2.24, 2.45) is 0 Å². The summed E-state index contributed by atoms with van der Waals surface area (Å²) in [5.74, 6) is -0.928. The van der Waals surface area contributed by atoms with Gasteiger partial charge in [-0.2, -0.15) is 0 Å². The Labute approximate surface area is 218 Å². The maximum atomic E-state index is 12.9. The predicted octanol–water partition coefficient (Wildman–Crippen LogP) is 4.85. The zero-order valence-electron chi connectivity index (χ0n) is 21.6. The molecule has 1 fully saturated rings. The number of thioether (sulfide) groups is 1. The van der Waals surface area contributed by atoms with Gasteiger partial charge in [-0.1, -0.05) is 39.2 Å². The van der Waals surface area contributed by atoms with E-state index in [0.29, 0.717) is 11.1 Å². The van der Waals surface area contributed by atoms with Crippen molar-refractivity contribution in [2.75, 3.05) is 12.3 Å². The lowest BCUT2D eigenvalue weighted by atomic mass is 9.89. The molecule has 0 radical (unpaired) electrons. The molecule has 196 valence electrons. The van der Waals surface area contributed by atoms with Gasteiger partial charge in [0.15, 0.2) is 0 Å². The summed E-state index contributed by atoms with van der Waals surface area (Å²) in [6, 6.07) is 4.37. The molecule has 1 saturated heterocycles. The van der Waals surface area contributed by atoms with Crippen molar-refractivity contribution in [3.8, 4) is 0 Å². The van der Waals surface area contributed by atoms with Crippen molar-refractivity contribution in [2.45, 2.75) is 94.5 Å². The van der Waals surface area contributed by atoms with E-state index in [4.69, 9.17) is 0 Å². The fourth-order valence-corrected chi connectivity index (χ4v) is 5.93. The summed E-state index contributed by atoms with van der Waals surface area (Å²) in [4.78, 5) is 51.3. The first-order valence-corrected chi connectivity index (χ1v) is 14.2.